The normalized spacial score (nSPS) is 25.4. The zero-order chi connectivity index (χ0) is 13.5. The Labute approximate surface area is 108 Å². The fourth-order valence-corrected chi connectivity index (χ4v) is 2.38. The molecule has 0 aliphatic heterocycles. The van der Waals surface area contributed by atoms with Gasteiger partial charge in [0.25, 0.3) is 0 Å². The predicted octanol–water partition coefficient (Wildman–Crippen LogP) is 1.12. The van der Waals surface area contributed by atoms with Crippen LogP contribution in [0, 0.1) is 11.8 Å². The van der Waals surface area contributed by atoms with Crippen LogP contribution in [0.1, 0.15) is 45.4 Å². The van der Waals surface area contributed by atoms with Crippen molar-refractivity contribution in [2.75, 3.05) is 6.54 Å². The molecule has 1 saturated carbocycles. The van der Waals surface area contributed by atoms with Gasteiger partial charge in [-0.25, -0.2) is 0 Å². The summed E-state index contributed by atoms with van der Waals surface area (Å²) in [5.74, 6) is -0.657. The van der Waals surface area contributed by atoms with E-state index < -0.39 is 5.97 Å². The Bertz CT molecular complexity index is 286. The topological polar surface area (TPSA) is 92.4 Å². The Morgan fingerprint density at radius 3 is 2.44 bits per heavy atom. The van der Waals surface area contributed by atoms with Gasteiger partial charge in [-0.2, -0.15) is 0 Å². The highest BCUT2D eigenvalue weighted by atomic mass is 16.4. The fraction of sp³-hybridized carbons (Fsp3) is 0.846. The molecule has 0 aromatic heterocycles. The maximum Gasteiger partial charge on any atom is 0.303 e. The highest BCUT2D eigenvalue weighted by molar-refractivity contribution is 5.78. The molecule has 0 bridgehead atoms. The van der Waals surface area contributed by atoms with Gasteiger partial charge >= 0.3 is 5.97 Å². The number of nitrogens with two attached hydrogens (primary N) is 1. The van der Waals surface area contributed by atoms with Crippen molar-refractivity contribution >= 4 is 11.9 Å². The summed E-state index contributed by atoms with van der Waals surface area (Å²) in [5, 5.41) is 11.6. The van der Waals surface area contributed by atoms with Crippen LogP contribution in [0.15, 0.2) is 0 Å². The minimum atomic E-state index is -0.806. The van der Waals surface area contributed by atoms with Crippen LogP contribution in [-0.4, -0.2) is 29.6 Å². The first-order valence-corrected chi connectivity index (χ1v) is 6.78. The molecule has 0 aromatic rings. The van der Waals surface area contributed by atoms with Crippen LogP contribution >= 0.6 is 0 Å². The minimum Gasteiger partial charge on any atom is -0.481 e. The van der Waals surface area contributed by atoms with Crippen LogP contribution in [0.3, 0.4) is 0 Å². The van der Waals surface area contributed by atoms with Crippen LogP contribution in [0.2, 0.25) is 0 Å². The molecule has 4 N–H and O–H groups in total. The van der Waals surface area contributed by atoms with E-state index in [1.807, 2.05) is 6.92 Å². The molecule has 1 unspecified atom stereocenters. The number of nitrogens with one attached hydrogen (secondary N) is 1. The first-order valence-electron chi connectivity index (χ1n) is 6.78. The van der Waals surface area contributed by atoms with Crippen molar-refractivity contribution < 1.29 is 14.7 Å². The maximum atomic E-state index is 11.9. The summed E-state index contributed by atoms with van der Waals surface area (Å²) in [6, 6.07) is 0.240. The lowest BCUT2D eigenvalue weighted by molar-refractivity contribution is -0.138. The first kappa shape index (κ1) is 15.0. The number of hydrogen-bond acceptors (Lipinski definition) is 3. The predicted molar refractivity (Wildman–Crippen MR) is 69.0 cm³/mol. The number of aliphatic carboxylic acids is 1. The lowest BCUT2D eigenvalue weighted by atomic mass is 9.86. The summed E-state index contributed by atoms with van der Waals surface area (Å²) in [6.07, 6.45) is 4.40. The van der Waals surface area contributed by atoms with Crippen molar-refractivity contribution in [3.8, 4) is 0 Å². The molecule has 1 atom stereocenters. The Morgan fingerprint density at radius 2 is 1.94 bits per heavy atom. The van der Waals surface area contributed by atoms with Crippen LogP contribution < -0.4 is 11.1 Å². The Kier molecular flexibility index (Phi) is 6.12. The van der Waals surface area contributed by atoms with E-state index >= 15 is 0 Å². The van der Waals surface area contributed by atoms with E-state index in [0.717, 1.165) is 32.1 Å². The molecular weight excluding hydrogens is 232 g/mol. The van der Waals surface area contributed by atoms with Gasteiger partial charge in [0, 0.05) is 24.9 Å². The third kappa shape index (κ3) is 5.04. The smallest absolute Gasteiger partial charge is 0.303 e. The van der Waals surface area contributed by atoms with Crippen molar-refractivity contribution in [3.05, 3.63) is 0 Å². The molecule has 0 radical (unpaired) electrons. The highest BCUT2D eigenvalue weighted by Gasteiger charge is 2.24. The summed E-state index contributed by atoms with van der Waals surface area (Å²) in [7, 11) is 0. The van der Waals surface area contributed by atoms with Crippen molar-refractivity contribution in [2.45, 2.75) is 51.5 Å². The quantitative estimate of drug-likeness (QED) is 0.664. The summed E-state index contributed by atoms with van der Waals surface area (Å²) in [5.41, 5.74) is 5.80. The van der Waals surface area contributed by atoms with Crippen LogP contribution in [0.5, 0.6) is 0 Å². The van der Waals surface area contributed by atoms with E-state index in [9.17, 15) is 9.59 Å². The Balaban J connectivity index is 2.29. The molecule has 1 amide bonds. The van der Waals surface area contributed by atoms with Crippen molar-refractivity contribution in [1.29, 1.82) is 0 Å². The van der Waals surface area contributed by atoms with Gasteiger partial charge in [-0.3, -0.25) is 9.59 Å². The van der Waals surface area contributed by atoms with E-state index in [2.05, 4.69) is 5.32 Å². The van der Waals surface area contributed by atoms with Gasteiger partial charge in [-0.15, -0.1) is 0 Å². The average molecular weight is 256 g/mol. The highest BCUT2D eigenvalue weighted by Crippen LogP contribution is 2.23. The molecule has 0 spiro atoms. The Hall–Kier alpha value is -1.10. The minimum absolute atomic E-state index is 0.0253. The van der Waals surface area contributed by atoms with Crippen molar-refractivity contribution in [1.82, 2.24) is 5.32 Å². The molecule has 104 valence electrons. The number of carboxylic acid groups (broad SMARTS) is 1. The van der Waals surface area contributed by atoms with Crippen LogP contribution in [0.25, 0.3) is 0 Å². The molecule has 1 aliphatic carbocycles. The molecule has 5 heteroatoms. The van der Waals surface area contributed by atoms with Gasteiger partial charge in [0.15, 0.2) is 0 Å². The standard InChI is InChI=1S/C13H24N2O3/c1-2-9(7-12(16)17)8-15-13(18)10-3-5-11(14)6-4-10/h9-11H,2-8,14H2,1H3,(H,15,18)(H,16,17). The third-order valence-corrected chi connectivity index (χ3v) is 3.75. The molecule has 0 saturated heterocycles. The van der Waals surface area contributed by atoms with Gasteiger partial charge in [-0.05, 0) is 31.6 Å². The second-order valence-corrected chi connectivity index (χ2v) is 5.23. The molecule has 0 aromatic carbocycles. The van der Waals surface area contributed by atoms with E-state index in [1.165, 1.54) is 0 Å². The number of carboxylic acids is 1. The van der Waals surface area contributed by atoms with Crippen molar-refractivity contribution in [3.63, 3.8) is 0 Å². The monoisotopic (exact) mass is 256 g/mol. The first-order chi connectivity index (χ1) is 8.52. The zero-order valence-electron chi connectivity index (χ0n) is 11.0. The third-order valence-electron chi connectivity index (χ3n) is 3.75. The molecule has 1 fully saturated rings. The maximum absolute atomic E-state index is 11.9. The number of rotatable bonds is 6. The summed E-state index contributed by atoms with van der Waals surface area (Å²) < 4.78 is 0. The van der Waals surface area contributed by atoms with E-state index in [0.29, 0.717) is 6.54 Å². The lowest BCUT2D eigenvalue weighted by Gasteiger charge is -2.25. The molecular formula is C13H24N2O3. The van der Waals surface area contributed by atoms with Gasteiger partial charge in [0.1, 0.15) is 0 Å². The number of carbonyl (C=O) groups is 2. The van der Waals surface area contributed by atoms with Crippen LogP contribution in [-0.2, 0) is 9.59 Å². The molecule has 1 rings (SSSR count). The van der Waals surface area contributed by atoms with Crippen molar-refractivity contribution in [2.24, 2.45) is 17.6 Å². The SMILES string of the molecule is CCC(CNC(=O)C1CCC(N)CC1)CC(=O)O. The summed E-state index contributed by atoms with van der Waals surface area (Å²) >= 11 is 0. The van der Waals surface area contributed by atoms with Gasteiger partial charge < -0.3 is 16.2 Å². The Morgan fingerprint density at radius 1 is 1.33 bits per heavy atom. The molecule has 5 nitrogen and oxygen atoms in total. The molecule has 1 aliphatic rings. The molecule has 18 heavy (non-hydrogen) atoms. The van der Waals surface area contributed by atoms with Gasteiger partial charge in [0.2, 0.25) is 5.91 Å². The fourth-order valence-electron chi connectivity index (χ4n) is 2.38. The molecule has 0 heterocycles. The lowest BCUT2D eigenvalue weighted by Crippen LogP contribution is -2.38. The number of amides is 1. The van der Waals surface area contributed by atoms with E-state index in [-0.39, 0.29) is 30.2 Å². The second kappa shape index (κ2) is 7.36. The number of hydrogen-bond donors (Lipinski definition) is 3. The van der Waals surface area contributed by atoms with E-state index in [4.69, 9.17) is 10.8 Å². The zero-order valence-corrected chi connectivity index (χ0v) is 11.0. The largest absolute Gasteiger partial charge is 0.481 e. The van der Waals surface area contributed by atoms with Gasteiger partial charge in [-0.1, -0.05) is 13.3 Å². The summed E-state index contributed by atoms with van der Waals surface area (Å²) in [4.78, 5) is 22.5. The van der Waals surface area contributed by atoms with Gasteiger partial charge in [0.05, 0.1) is 0 Å². The second-order valence-electron chi connectivity index (χ2n) is 5.23. The average Bonchev–Trinajstić information content (AvgIpc) is 2.34. The van der Waals surface area contributed by atoms with Crippen LogP contribution in [0.4, 0.5) is 0 Å². The van der Waals surface area contributed by atoms with E-state index in [1.54, 1.807) is 0 Å². The summed E-state index contributed by atoms with van der Waals surface area (Å²) in [6.45, 7) is 2.41. The number of carbonyl (C=O) groups excluding carboxylic acids is 1.